The second kappa shape index (κ2) is 6.59. The zero-order chi connectivity index (χ0) is 16.5. The van der Waals surface area contributed by atoms with Gasteiger partial charge in [-0.05, 0) is 37.9 Å². The molecule has 1 aromatic heterocycles. The fraction of sp³-hybridized carbons (Fsp3) is 0.667. The minimum Gasteiger partial charge on any atom is -0.467 e. The predicted molar refractivity (Wildman–Crippen MR) is 88.0 cm³/mol. The third-order valence-corrected chi connectivity index (χ3v) is 5.70. The summed E-state index contributed by atoms with van der Waals surface area (Å²) in [5.41, 5.74) is 0. The van der Waals surface area contributed by atoms with Crippen LogP contribution in [-0.4, -0.2) is 53.3 Å². The molecule has 6 nitrogen and oxygen atoms in total. The molecule has 3 fully saturated rings. The third-order valence-electron chi connectivity index (χ3n) is 5.70. The summed E-state index contributed by atoms with van der Waals surface area (Å²) in [7, 11) is 0. The Morgan fingerprint density at radius 1 is 1.29 bits per heavy atom. The van der Waals surface area contributed by atoms with Gasteiger partial charge in [-0.1, -0.05) is 6.42 Å². The Morgan fingerprint density at radius 2 is 2.21 bits per heavy atom. The quantitative estimate of drug-likeness (QED) is 0.905. The second-order valence-electron chi connectivity index (χ2n) is 7.26. The Kier molecular flexibility index (Phi) is 4.31. The fourth-order valence-corrected chi connectivity index (χ4v) is 4.41. The first-order chi connectivity index (χ1) is 11.7. The molecule has 0 saturated carbocycles. The van der Waals surface area contributed by atoms with Gasteiger partial charge in [-0.15, -0.1) is 0 Å². The SMILES string of the molecule is O=C(N[C@@H]1CCN2CCCC[C@H]12)[C@@H]1CC(=O)N(Cc2ccco2)C1. The van der Waals surface area contributed by atoms with Gasteiger partial charge in [0.15, 0.2) is 0 Å². The van der Waals surface area contributed by atoms with Crippen LogP contribution in [-0.2, 0) is 16.1 Å². The monoisotopic (exact) mass is 331 g/mol. The van der Waals surface area contributed by atoms with Gasteiger partial charge in [0.05, 0.1) is 18.7 Å². The number of furan rings is 1. The van der Waals surface area contributed by atoms with E-state index in [9.17, 15) is 9.59 Å². The molecule has 0 bridgehead atoms. The van der Waals surface area contributed by atoms with Crippen molar-refractivity contribution in [2.24, 2.45) is 5.92 Å². The molecular formula is C18H25N3O3. The summed E-state index contributed by atoms with van der Waals surface area (Å²) in [5, 5.41) is 3.24. The van der Waals surface area contributed by atoms with Crippen LogP contribution in [0.25, 0.3) is 0 Å². The van der Waals surface area contributed by atoms with E-state index in [1.807, 2.05) is 12.1 Å². The number of carbonyl (C=O) groups excluding carboxylic acids is 2. The molecule has 3 aliphatic rings. The normalized spacial score (nSPS) is 30.6. The average Bonchev–Trinajstić information content (AvgIpc) is 3.30. The Labute approximate surface area is 142 Å². The number of rotatable bonds is 4. The van der Waals surface area contributed by atoms with E-state index in [1.54, 1.807) is 11.2 Å². The van der Waals surface area contributed by atoms with Crippen LogP contribution in [0.3, 0.4) is 0 Å². The first-order valence-corrected chi connectivity index (χ1v) is 9.05. The topological polar surface area (TPSA) is 65.8 Å². The van der Waals surface area contributed by atoms with Gasteiger partial charge in [-0.25, -0.2) is 0 Å². The summed E-state index contributed by atoms with van der Waals surface area (Å²) < 4.78 is 5.31. The Bertz CT molecular complexity index is 601. The standard InChI is InChI=1S/C18H25N3O3/c22-17-10-13(11-21(17)12-14-4-3-9-24-14)18(23)19-15-6-8-20-7-2-1-5-16(15)20/h3-4,9,13,15-16H,1-2,5-8,10-12H2,(H,19,23)/t13-,15-,16-/m1/s1. The van der Waals surface area contributed by atoms with Crippen LogP contribution in [0, 0.1) is 5.92 Å². The lowest BCUT2D eigenvalue weighted by atomic mass is 9.98. The maximum atomic E-state index is 12.6. The van der Waals surface area contributed by atoms with Gasteiger partial charge in [0.1, 0.15) is 5.76 Å². The molecule has 24 heavy (non-hydrogen) atoms. The summed E-state index contributed by atoms with van der Waals surface area (Å²) in [4.78, 5) is 29.1. The molecule has 6 heteroatoms. The number of fused-ring (bicyclic) bond motifs is 1. The van der Waals surface area contributed by atoms with Crippen molar-refractivity contribution < 1.29 is 14.0 Å². The smallest absolute Gasteiger partial charge is 0.225 e. The van der Waals surface area contributed by atoms with E-state index in [4.69, 9.17) is 4.42 Å². The van der Waals surface area contributed by atoms with Gasteiger partial charge < -0.3 is 14.6 Å². The van der Waals surface area contributed by atoms with Crippen molar-refractivity contribution in [3.05, 3.63) is 24.2 Å². The van der Waals surface area contributed by atoms with Crippen molar-refractivity contribution in [3.8, 4) is 0 Å². The highest BCUT2D eigenvalue weighted by Crippen LogP contribution is 2.28. The van der Waals surface area contributed by atoms with Gasteiger partial charge in [0.2, 0.25) is 11.8 Å². The number of hydrogen-bond acceptors (Lipinski definition) is 4. The Hall–Kier alpha value is -1.82. The molecule has 4 heterocycles. The van der Waals surface area contributed by atoms with Crippen molar-refractivity contribution in [2.75, 3.05) is 19.6 Å². The van der Waals surface area contributed by atoms with Crippen LogP contribution >= 0.6 is 0 Å². The summed E-state index contributed by atoms with van der Waals surface area (Å²) in [6.07, 6.45) is 6.67. The molecule has 0 unspecified atom stereocenters. The van der Waals surface area contributed by atoms with E-state index in [2.05, 4.69) is 10.2 Å². The molecule has 0 radical (unpaired) electrons. The van der Waals surface area contributed by atoms with Crippen LogP contribution < -0.4 is 5.32 Å². The maximum Gasteiger partial charge on any atom is 0.225 e. The molecule has 0 spiro atoms. The molecule has 3 atom stereocenters. The van der Waals surface area contributed by atoms with E-state index >= 15 is 0 Å². The van der Waals surface area contributed by atoms with Gasteiger partial charge in [-0.3, -0.25) is 14.5 Å². The lowest BCUT2D eigenvalue weighted by molar-refractivity contribution is -0.129. The lowest BCUT2D eigenvalue weighted by Crippen LogP contribution is -2.48. The van der Waals surface area contributed by atoms with E-state index in [0.29, 0.717) is 25.6 Å². The summed E-state index contributed by atoms with van der Waals surface area (Å²) in [5.74, 6) is 0.614. The lowest BCUT2D eigenvalue weighted by Gasteiger charge is -2.32. The minimum atomic E-state index is -0.231. The van der Waals surface area contributed by atoms with Gasteiger partial charge in [0.25, 0.3) is 0 Å². The molecule has 1 aromatic rings. The van der Waals surface area contributed by atoms with E-state index in [1.165, 1.54) is 19.3 Å². The predicted octanol–water partition coefficient (Wildman–Crippen LogP) is 1.37. The van der Waals surface area contributed by atoms with E-state index in [-0.39, 0.29) is 23.8 Å². The minimum absolute atomic E-state index is 0.0391. The van der Waals surface area contributed by atoms with Gasteiger partial charge in [0, 0.05) is 31.6 Å². The van der Waals surface area contributed by atoms with Crippen molar-refractivity contribution >= 4 is 11.8 Å². The van der Waals surface area contributed by atoms with Crippen LogP contribution in [0.5, 0.6) is 0 Å². The highest BCUT2D eigenvalue weighted by molar-refractivity contribution is 5.89. The Morgan fingerprint density at radius 3 is 3.04 bits per heavy atom. The van der Waals surface area contributed by atoms with Crippen molar-refractivity contribution in [3.63, 3.8) is 0 Å². The Balaban J connectivity index is 1.33. The number of likely N-dealkylation sites (tertiary alicyclic amines) is 1. The zero-order valence-corrected chi connectivity index (χ0v) is 13.9. The number of piperidine rings is 1. The second-order valence-corrected chi connectivity index (χ2v) is 7.26. The third kappa shape index (κ3) is 3.07. The molecule has 0 aromatic carbocycles. The van der Waals surface area contributed by atoms with Crippen molar-refractivity contribution in [1.29, 1.82) is 0 Å². The number of carbonyl (C=O) groups is 2. The fourth-order valence-electron chi connectivity index (χ4n) is 4.41. The van der Waals surface area contributed by atoms with Crippen LogP contribution in [0.1, 0.15) is 37.9 Å². The summed E-state index contributed by atoms with van der Waals surface area (Å²) >= 11 is 0. The van der Waals surface area contributed by atoms with Gasteiger partial charge >= 0.3 is 0 Å². The summed E-state index contributed by atoms with van der Waals surface area (Å²) in [6, 6.07) is 4.43. The average molecular weight is 331 g/mol. The summed E-state index contributed by atoms with van der Waals surface area (Å²) in [6.45, 7) is 3.20. The highest BCUT2D eigenvalue weighted by atomic mass is 16.3. The zero-order valence-electron chi connectivity index (χ0n) is 13.9. The first-order valence-electron chi connectivity index (χ1n) is 9.05. The molecule has 3 saturated heterocycles. The molecule has 3 aliphatic heterocycles. The number of nitrogens with zero attached hydrogens (tertiary/aromatic N) is 2. The number of hydrogen-bond donors (Lipinski definition) is 1. The van der Waals surface area contributed by atoms with Crippen LogP contribution in [0.4, 0.5) is 0 Å². The number of nitrogens with one attached hydrogen (secondary N) is 1. The van der Waals surface area contributed by atoms with Crippen molar-refractivity contribution in [1.82, 2.24) is 15.1 Å². The largest absolute Gasteiger partial charge is 0.467 e. The van der Waals surface area contributed by atoms with Crippen molar-refractivity contribution in [2.45, 2.75) is 50.7 Å². The molecule has 1 N–H and O–H groups in total. The molecule has 130 valence electrons. The van der Waals surface area contributed by atoms with E-state index in [0.717, 1.165) is 25.3 Å². The number of amides is 2. The molecule has 4 rings (SSSR count). The molecular weight excluding hydrogens is 306 g/mol. The van der Waals surface area contributed by atoms with Crippen LogP contribution in [0.15, 0.2) is 22.8 Å². The molecule has 0 aliphatic carbocycles. The molecule has 2 amide bonds. The highest BCUT2D eigenvalue weighted by Gasteiger charge is 2.39. The first kappa shape index (κ1) is 15.7. The van der Waals surface area contributed by atoms with Gasteiger partial charge in [-0.2, -0.15) is 0 Å². The maximum absolute atomic E-state index is 12.6. The van der Waals surface area contributed by atoms with E-state index < -0.39 is 0 Å². The van der Waals surface area contributed by atoms with Crippen LogP contribution in [0.2, 0.25) is 0 Å².